The van der Waals surface area contributed by atoms with E-state index in [0.29, 0.717) is 0 Å². The van der Waals surface area contributed by atoms with Gasteiger partial charge in [0, 0.05) is 37.2 Å². The molecule has 0 N–H and O–H groups in total. The number of thiophene rings is 1. The van der Waals surface area contributed by atoms with Crippen LogP contribution in [0.25, 0.3) is 63.6 Å². The number of hydrogen-bond acceptors (Lipinski definition) is 2. The molecule has 0 spiro atoms. The normalized spacial score (nSPS) is 11.6. The Bertz CT molecular complexity index is 2480. The van der Waals surface area contributed by atoms with E-state index >= 15 is 0 Å². The molecule has 8 aromatic carbocycles. The highest BCUT2D eigenvalue weighted by Crippen LogP contribution is 2.41. The van der Waals surface area contributed by atoms with Crippen molar-refractivity contribution in [2.24, 2.45) is 0 Å². The Morgan fingerprint density at radius 3 is 1.77 bits per heavy atom. The second-order valence-electron chi connectivity index (χ2n) is 11.4. The quantitative estimate of drug-likeness (QED) is 0.188. The third-order valence-corrected chi connectivity index (χ3v) is 9.97. The van der Waals surface area contributed by atoms with Crippen molar-refractivity contribution in [1.82, 2.24) is 0 Å². The number of hydrogen-bond donors (Lipinski definition) is 0. The molecule has 1 aromatic heterocycles. The summed E-state index contributed by atoms with van der Waals surface area (Å²) < 4.78 is 2.64. The minimum Gasteiger partial charge on any atom is -0.310 e. The Balaban J connectivity index is 1.17. The lowest BCUT2D eigenvalue weighted by molar-refractivity contribution is 1.29. The first-order chi connectivity index (χ1) is 21.8. The van der Waals surface area contributed by atoms with Crippen molar-refractivity contribution in [3.05, 3.63) is 164 Å². The number of rotatable bonds is 4. The maximum absolute atomic E-state index is 2.36. The van der Waals surface area contributed by atoms with Gasteiger partial charge < -0.3 is 4.90 Å². The Morgan fingerprint density at radius 2 is 0.932 bits per heavy atom. The molecule has 0 aliphatic rings. The summed E-state index contributed by atoms with van der Waals surface area (Å²) in [5.41, 5.74) is 5.87. The van der Waals surface area contributed by atoms with E-state index in [9.17, 15) is 0 Å². The van der Waals surface area contributed by atoms with Gasteiger partial charge in [-0.25, -0.2) is 0 Å². The van der Waals surface area contributed by atoms with Crippen molar-refractivity contribution in [3.8, 4) is 11.1 Å². The van der Waals surface area contributed by atoms with Crippen molar-refractivity contribution in [2.75, 3.05) is 4.90 Å². The van der Waals surface area contributed by atoms with Crippen LogP contribution in [0.5, 0.6) is 0 Å². The predicted molar refractivity (Wildman–Crippen MR) is 192 cm³/mol. The molecule has 0 aliphatic carbocycles. The largest absolute Gasteiger partial charge is 0.310 e. The molecule has 1 heterocycles. The smallest absolute Gasteiger partial charge is 0.0468 e. The van der Waals surface area contributed by atoms with E-state index in [4.69, 9.17) is 0 Å². The summed E-state index contributed by atoms with van der Waals surface area (Å²) in [7, 11) is 0. The van der Waals surface area contributed by atoms with Gasteiger partial charge in [-0.15, -0.1) is 11.3 Å². The molecule has 1 nitrogen and oxygen atoms in total. The molecule has 44 heavy (non-hydrogen) atoms. The van der Waals surface area contributed by atoms with Crippen LogP contribution in [0.4, 0.5) is 17.1 Å². The molecule has 0 unspecified atom stereocenters. The van der Waals surface area contributed by atoms with Crippen molar-refractivity contribution in [1.29, 1.82) is 0 Å². The standard InChI is InChI=1S/C42H27NS/c1-2-9-33(10-3-1)43(35-24-25-41-39(27-35)37-12-6-7-13-40(37)44-41)34-22-20-28(21-23-34)32-19-16-30-15-18-31-17-14-29-8-4-5-11-36(29)42(31)38(30)26-32/h1-27H. The van der Waals surface area contributed by atoms with Crippen LogP contribution in [0.3, 0.4) is 0 Å². The summed E-state index contributed by atoms with van der Waals surface area (Å²) in [6.07, 6.45) is 0. The summed E-state index contributed by atoms with van der Waals surface area (Å²) in [4.78, 5) is 2.36. The van der Waals surface area contributed by atoms with Crippen LogP contribution >= 0.6 is 11.3 Å². The highest BCUT2D eigenvalue weighted by Gasteiger charge is 2.15. The first-order valence-corrected chi connectivity index (χ1v) is 15.8. The number of para-hydroxylation sites is 1. The molecule has 0 aliphatic heterocycles. The first kappa shape index (κ1) is 25.1. The number of nitrogens with zero attached hydrogens (tertiary/aromatic N) is 1. The van der Waals surface area contributed by atoms with Crippen LogP contribution in [0, 0.1) is 0 Å². The van der Waals surface area contributed by atoms with Crippen LogP contribution in [-0.2, 0) is 0 Å². The molecular weight excluding hydrogens is 551 g/mol. The summed E-state index contributed by atoms with van der Waals surface area (Å²) in [6.45, 7) is 0. The van der Waals surface area contributed by atoms with E-state index in [1.54, 1.807) is 0 Å². The Labute approximate surface area is 259 Å². The Morgan fingerprint density at radius 1 is 0.341 bits per heavy atom. The summed E-state index contributed by atoms with van der Waals surface area (Å²) in [6, 6.07) is 59.8. The van der Waals surface area contributed by atoms with E-state index in [0.717, 1.165) is 17.1 Å². The maximum atomic E-state index is 2.36. The fourth-order valence-corrected chi connectivity index (χ4v) is 7.77. The van der Waals surface area contributed by atoms with Crippen LogP contribution in [-0.4, -0.2) is 0 Å². The van der Waals surface area contributed by atoms with Crippen molar-refractivity contribution in [3.63, 3.8) is 0 Å². The average Bonchev–Trinajstić information content (AvgIpc) is 3.47. The molecule has 0 atom stereocenters. The van der Waals surface area contributed by atoms with Crippen LogP contribution in [0.1, 0.15) is 0 Å². The summed E-state index contributed by atoms with van der Waals surface area (Å²) in [5, 5.41) is 10.4. The molecule has 0 fully saturated rings. The van der Waals surface area contributed by atoms with Gasteiger partial charge in [0.1, 0.15) is 0 Å². The van der Waals surface area contributed by atoms with Gasteiger partial charge in [-0.05, 0) is 98.0 Å². The number of fused-ring (bicyclic) bond motifs is 8. The molecule has 0 saturated carbocycles. The van der Waals surface area contributed by atoms with Crippen molar-refractivity contribution in [2.45, 2.75) is 0 Å². The van der Waals surface area contributed by atoms with Crippen molar-refractivity contribution >= 4 is 80.9 Å². The summed E-state index contributed by atoms with van der Waals surface area (Å²) >= 11 is 1.86. The minimum absolute atomic E-state index is 1.14. The molecule has 2 heteroatoms. The SMILES string of the molecule is c1ccc(N(c2ccc(-c3ccc4ccc5ccc6ccccc6c5c4c3)cc2)c2ccc3sc4ccccc4c3c2)cc1. The zero-order valence-electron chi connectivity index (χ0n) is 23.9. The van der Waals surface area contributed by atoms with Gasteiger partial charge in [0.15, 0.2) is 0 Å². The number of anilines is 3. The molecule has 9 aromatic rings. The zero-order valence-corrected chi connectivity index (χ0v) is 24.8. The average molecular weight is 578 g/mol. The van der Waals surface area contributed by atoms with Gasteiger partial charge in [0.25, 0.3) is 0 Å². The third-order valence-electron chi connectivity index (χ3n) is 8.82. The molecule has 0 radical (unpaired) electrons. The lowest BCUT2D eigenvalue weighted by Crippen LogP contribution is -2.09. The zero-order chi connectivity index (χ0) is 29.0. The van der Waals surface area contributed by atoms with Gasteiger partial charge in [-0.3, -0.25) is 0 Å². The van der Waals surface area contributed by atoms with Gasteiger partial charge in [-0.1, -0.05) is 109 Å². The molecule has 9 rings (SSSR count). The van der Waals surface area contributed by atoms with Crippen molar-refractivity contribution < 1.29 is 0 Å². The fourth-order valence-electron chi connectivity index (χ4n) is 6.69. The van der Waals surface area contributed by atoms with Crippen LogP contribution in [0.2, 0.25) is 0 Å². The second-order valence-corrected chi connectivity index (χ2v) is 12.5. The molecular formula is C42H27NS. The van der Waals surface area contributed by atoms with E-state index in [1.807, 2.05) is 11.3 Å². The molecule has 206 valence electrons. The monoisotopic (exact) mass is 577 g/mol. The van der Waals surface area contributed by atoms with E-state index in [1.165, 1.54) is 63.6 Å². The van der Waals surface area contributed by atoms with Crippen LogP contribution < -0.4 is 4.90 Å². The Hall–Kier alpha value is -5.44. The molecule has 0 saturated heterocycles. The van der Waals surface area contributed by atoms with Gasteiger partial charge in [-0.2, -0.15) is 0 Å². The Kier molecular flexibility index (Phi) is 5.75. The molecule has 0 amide bonds. The fraction of sp³-hybridized carbons (Fsp3) is 0. The van der Waals surface area contributed by atoms with Gasteiger partial charge in [0.05, 0.1) is 0 Å². The third kappa shape index (κ3) is 4.07. The maximum Gasteiger partial charge on any atom is 0.0468 e. The topological polar surface area (TPSA) is 3.24 Å². The van der Waals surface area contributed by atoms with Crippen LogP contribution in [0.15, 0.2) is 164 Å². The number of benzene rings is 8. The highest BCUT2D eigenvalue weighted by atomic mass is 32.1. The highest BCUT2D eigenvalue weighted by molar-refractivity contribution is 7.25. The molecule has 0 bridgehead atoms. The summed E-state index contributed by atoms with van der Waals surface area (Å²) in [5.74, 6) is 0. The predicted octanol–water partition coefficient (Wildman–Crippen LogP) is 12.7. The first-order valence-electron chi connectivity index (χ1n) is 15.0. The minimum atomic E-state index is 1.14. The second kappa shape index (κ2) is 10.1. The van der Waals surface area contributed by atoms with Gasteiger partial charge in [0.2, 0.25) is 0 Å². The van der Waals surface area contributed by atoms with E-state index in [-0.39, 0.29) is 0 Å². The van der Waals surface area contributed by atoms with E-state index < -0.39 is 0 Å². The lowest BCUT2D eigenvalue weighted by atomic mass is 9.94. The van der Waals surface area contributed by atoms with Gasteiger partial charge >= 0.3 is 0 Å². The van der Waals surface area contributed by atoms with E-state index in [2.05, 4.69) is 169 Å². The lowest BCUT2D eigenvalue weighted by Gasteiger charge is -2.26.